The van der Waals surface area contributed by atoms with Crippen LogP contribution < -0.4 is 0 Å². The first kappa shape index (κ1) is 28.8. The summed E-state index contributed by atoms with van der Waals surface area (Å²) in [6.45, 7) is 8.49. The van der Waals surface area contributed by atoms with E-state index in [0.717, 1.165) is 55.3 Å². The number of benzene rings is 6. The van der Waals surface area contributed by atoms with E-state index >= 15 is 0 Å². The molecule has 0 N–H and O–H groups in total. The molecule has 8 aromatic rings. The van der Waals surface area contributed by atoms with Gasteiger partial charge in [0.05, 0.1) is 28.0 Å². The Hall–Kier alpha value is -6.70. The average molecular weight is 616 g/mol. The largest absolute Gasteiger partial charge is 0.456 e. The molecule has 0 aliphatic heterocycles. The van der Waals surface area contributed by atoms with Gasteiger partial charge in [-0.3, -0.25) is 0 Å². The van der Waals surface area contributed by atoms with Crippen LogP contribution in [0.1, 0.15) is 16.7 Å². The van der Waals surface area contributed by atoms with Crippen LogP contribution in [0.25, 0.3) is 60.7 Å². The molecule has 8 rings (SSSR count). The Kier molecular flexibility index (Phi) is 7.13. The molecule has 0 atom stereocenters. The van der Waals surface area contributed by atoms with Crippen molar-refractivity contribution in [2.75, 3.05) is 0 Å². The summed E-state index contributed by atoms with van der Waals surface area (Å²) in [6, 6.07) is 51.2. The second-order valence-electron chi connectivity index (χ2n) is 11.6. The molecule has 0 aliphatic rings. The van der Waals surface area contributed by atoms with E-state index in [-0.39, 0.29) is 0 Å². The van der Waals surface area contributed by atoms with Crippen LogP contribution in [-0.2, 0) is 0 Å². The predicted molar refractivity (Wildman–Crippen MR) is 199 cm³/mol. The summed E-state index contributed by atoms with van der Waals surface area (Å²) in [5.74, 6) is 0. The third-order valence-electron chi connectivity index (χ3n) is 8.84. The van der Waals surface area contributed by atoms with Crippen molar-refractivity contribution in [2.24, 2.45) is 4.99 Å². The molecular formula is C44H29N3O. The first-order valence-corrected chi connectivity index (χ1v) is 15.8. The van der Waals surface area contributed by atoms with Gasteiger partial charge in [0.25, 0.3) is 0 Å². The molecule has 0 fully saturated rings. The smallest absolute Gasteiger partial charge is 0.136 e. The fraction of sp³-hybridized carbons (Fsp3) is 0. The van der Waals surface area contributed by atoms with Crippen molar-refractivity contribution in [3.8, 4) is 11.8 Å². The molecule has 0 radical (unpaired) electrons. The van der Waals surface area contributed by atoms with Gasteiger partial charge in [0.1, 0.15) is 17.2 Å². The highest BCUT2D eigenvalue weighted by Gasteiger charge is 2.19. The summed E-state index contributed by atoms with van der Waals surface area (Å²) < 4.78 is 8.72. The highest BCUT2D eigenvalue weighted by Crippen LogP contribution is 2.37. The standard InChI is InChI=1S/C44H29N3O/c1-3-38(46-44(31-17-8-5-9-18-31)37(28-45)29(2)30-15-6-4-7-16-30)35-21-14-24-42-43(35)36-27-32(25-26-41(36)48-42)47-39-22-12-10-19-33(39)34-20-11-13-23-40(34)47/h3-27H,1-2H2/b44-37-,46-38+. The number of nitrogens with zero attached hydrogens (tertiary/aromatic N) is 3. The number of hydrogen-bond acceptors (Lipinski definition) is 3. The van der Waals surface area contributed by atoms with Crippen molar-refractivity contribution in [3.63, 3.8) is 0 Å². The molecule has 0 aliphatic carbocycles. The number of rotatable bonds is 7. The Morgan fingerprint density at radius 2 is 1.29 bits per heavy atom. The van der Waals surface area contributed by atoms with Crippen LogP contribution in [0.4, 0.5) is 0 Å². The molecule has 0 amide bonds. The number of fused-ring (bicyclic) bond motifs is 6. The van der Waals surface area contributed by atoms with Crippen molar-refractivity contribution < 1.29 is 4.42 Å². The molecule has 4 heteroatoms. The fourth-order valence-electron chi connectivity index (χ4n) is 6.61. The third-order valence-corrected chi connectivity index (χ3v) is 8.84. The molecule has 6 aromatic carbocycles. The first-order valence-electron chi connectivity index (χ1n) is 15.8. The van der Waals surface area contributed by atoms with Crippen molar-refractivity contribution in [1.82, 2.24) is 4.57 Å². The number of furan rings is 1. The second-order valence-corrected chi connectivity index (χ2v) is 11.6. The van der Waals surface area contributed by atoms with Gasteiger partial charge in [-0.05, 0) is 53.6 Å². The highest BCUT2D eigenvalue weighted by molar-refractivity contribution is 6.23. The molecule has 226 valence electrons. The summed E-state index contributed by atoms with van der Waals surface area (Å²) in [7, 11) is 0. The predicted octanol–water partition coefficient (Wildman–Crippen LogP) is 11.3. The molecule has 0 bridgehead atoms. The molecule has 2 aromatic heterocycles. The monoisotopic (exact) mass is 615 g/mol. The van der Waals surface area contributed by atoms with E-state index in [1.165, 1.54) is 10.8 Å². The first-order chi connectivity index (χ1) is 23.7. The van der Waals surface area contributed by atoms with Gasteiger partial charge in [0.2, 0.25) is 0 Å². The van der Waals surface area contributed by atoms with Crippen molar-refractivity contribution >= 4 is 60.7 Å². The number of hydrogen-bond donors (Lipinski definition) is 0. The zero-order valence-corrected chi connectivity index (χ0v) is 26.1. The lowest BCUT2D eigenvalue weighted by Crippen LogP contribution is -2.01. The molecule has 0 spiro atoms. The van der Waals surface area contributed by atoms with Gasteiger partial charge in [-0.2, -0.15) is 5.26 Å². The van der Waals surface area contributed by atoms with Gasteiger partial charge in [0, 0.05) is 38.4 Å². The Balaban J connectivity index is 1.37. The van der Waals surface area contributed by atoms with Gasteiger partial charge in [-0.25, -0.2) is 4.99 Å². The van der Waals surface area contributed by atoms with Crippen molar-refractivity contribution in [2.45, 2.75) is 0 Å². The van der Waals surface area contributed by atoms with Crippen molar-refractivity contribution in [3.05, 3.63) is 187 Å². The third kappa shape index (κ3) is 4.74. The lowest BCUT2D eigenvalue weighted by molar-refractivity contribution is 0.669. The maximum atomic E-state index is 10.5. The van der Waals surface area contributed by atoms with Gasteiger partial charge in [-0.1, -0.05) is 122 Å². The number of para-hydroxylation sites is 2. The van der Waals surface area contributed by atoms with Gasteiger partial charge in [0.15, 0.2) is 0 Å². The van der Waals surface area contributed by atoms with Gasteiger partial charge < -0.3 is 8.98 Å². The van der Waals surface area contributed by atoms with Crippen LogP contribution in [-0.4, -0.2) is 10.3 Å². The van der Waals surface area contributed by atoms with Crippen LogP contribution in [0.2, 0.25) is 0 Å². The molecule has 48 heavy (non-hydrogen) atoms. The lowest BCUT2D eigenvalue weighted by atomic mass is 9.95. The van der Waals surface area contributed by atoms with E-state index in [9.17, 15) is 5.26 Å². The Morgan fingerprint density at radius 1 is 0.667 bits per heavy atom. The van der Waals surface area contributed by atoms with Gasteiger partial charge in [-0.15, -0.1) is 0 Å². The number of aromatic nitrogens is 1. The van der Waals surface area contributed by atoms with Crippen LogP contribution in [0.5, 0.6) is 0 Å². The fourth-order valence-corrected chi connectivity index (χ4v) is 6.61. The van der Waals surface area contributed by atoms with Gasteiger partial charge >= 0.3 is 0 Å². The zero-order chi connectivity index (χ0) is 32.6. The van der Waals surface area contributed by atoms with Crippen LogP contribution in [0.15, 0.2) is 180 Å². The molecule has 0 saturated heterocycles. The SMILES string of the molecule is C=C/C(=N\C(=C(\C#N)C(=C)c1ccccc1)c1ccccc1)c1cccc2oc3ccc(-n4c5ccccc5c5ccccc54)cc3c12. The average Bonchev–Trinajstić information content (AvgIpc) is 3.69. The molecular weight excluding hydrogens is 587 g/mol. The maximum Gasteiger partial charge on any atom is 0.136 e. The van der Waals surface area contributed by atoms with E-state index in [1.54, 1.807) is 6.08 Å². The molecule has 0 unspecified atom stereocenters. The molecule has 4 nitrogen and oxygen atoms in total. The minimum Gasteiger partial charge on any atom is -0.456 e. The minimum absolute atomic E-state index is 0.393. The van der Waals surface area contributed by atoms with E-state index in [4.69, 9.17) is 9.41 Å². The normalized spacial score (nSPS) is 12.4. The van der Waals surface area contributed by atoms with Crippen LogP contribution in [0, 0.1) is 11.3 Å². The Morgan fingerprint density at radius 3 is 1.94 bits per heavy atom. The number of nitriles is 1. The van der Waals surface area contributed by atoms with Crippen LogP contribution in [0.3, 0.4) is 0 Å². The Bertz CT molecular complexity index is 2590. The second kappa shape index (κ2) is 11.9. The number of allylic oxidation sites excluding steroid dienone is 3. The highest BCUT2D eigenvalue weighted by atomic mass is 16.3. The zero-order valence-electron chi connectivity index (χ0n) is 26.1. The maximum absolute atomic E-state index is 10.5. The molecule has 2 heterocycles. The van der Waals surface area contributed by atoms with E-state index in [0.29, 0.717) is 22.6 Å². The van der Waals surface area contributed by atoms with Crippen LogP contribution >= 0.6 is 0 Å². The quantitative estimate of drug-likeness (QED) is 0.102. The summed E-state index contributed by atoms with van der Waals surface area (Å²) >= 11 is 0. The van der Waals surface area contributed by atoms with E-state index in [2.05, 4.69) is 84.5 Å². The number of aliphatic imine (C=N–C) groups is 1. The Labute approximate surface area is 278 Å². The van der Waals surface area contributed by atoms with Crippen molar-refractivity contribution in [1.29, 1.82) is 5.26 Å². The minimum atomic E-state index is 0.393. The topological polar surface area (TPSA) is 54.2 Å². The summed E-state index contributed by atoms with van der Waals surface area (Å²) in [4.78, 5) is 5.19. The summed E-state index contributed by atoms with van der Waals surface area (Å²) in [5, 5.41) is 14.8. The summed E-state index contributed by atoms with van der Waals surface area (Å²) in [5.41, 5.74) is 9.51. The lowest BCUT2D eigenvalue weighted by Gasteiger charge is -2.12. The van der Waals surface area contributed by atoms with E-state index in [1.807, 2.05) is 84.9 Å². The van der Waals surface area contributed by atoms with E-state index < -0.39 is 0 Å². The molecule has 0 saturated carbocycles. The summed E-state index contributed by atoms with van der Waals surface area (Å²) in [6.07, 6.45) is 1.74.